The van der Waals surface area contributed by atoms with Gasteiger partial charge in [0.05, 0.1) is 22.5 Å². The number of hydrogen-bond donors (Lipinski definition) is 3. The third kappa shape index (κ3) is 7.64. The van der Waals surface area contributed by atoms with Gasteiger partial charge in [0.1, 0.15) is 11.3 Å². The van der Waals surface area contributed by atoms with E-state index in [1.807, 2.05) is 19.9 Å². The molecule has 1 aliphatic carbocycles. The molecule has 0 radical (unpaired) electrons. The zero-order valence-corrected chi connectivity index (χ0v) is 27.4. The van der Waals surface area contributed by atoms with Crippen molar-refractivity contribution in [2.45, 2.75) is 115 Å². The van der Waals surface area contributed by atoms with Crippen molar-refractivity contribution in [2.75, 3.05) is 11.1 Å². The fourth-order valence-corrected chi connectivity index (χ4v) is 7.46. The Bertz CT molecular complexity index is 1370. The third-order valence-electron chi connectivity index (χ3n) is 9.11. The molecule has 1 spiro atoms. The van der Waals surface area contributed by atoms with Crippen LogP contribution in [0, 0.1) is 0 Å². The van der Waals surface area contributed by atoms with E-state index in [9.17, 15) is 18.0 Å². The quantitative estimate of drug-likeness (QED) is 0.204. The Kier molecular flexibility index (Phi) is 9.18. The lowest BCUT2D eigenvalue weighted by atomic mass is 9.84. The van der Waals surface area contributed by atoms with Crippen molar-refractivity contribution in [1.82, 2.24) is 5.48 Å². The number of rotatable bonds is 8. The molecule has 2 aliphatic rings. The van der Waals surface area contributed by atoms with E-state index >= 15 is 0 Å². The minimum atomic E-state index is -4.55. The predicted octanol–water partition coefficient (Wildman–Crippen LogP) is 8.75. The normalized spacial score (nSPS) is 17.5. The number of alkyl halides is 3. The van der Waals surface area contributed by atoms with Crippen molar-refractivity contribution in [3.63, 3.8) is 0 Å². The molecule has 0 unspecified atom stereocenters. The molecule has 10 heteroatoms. The van der Waals surface area contributed by atoms with E-state index < -0.39 is 37.2 Å². The highest BCUT2D eigenvalue weighted by molar-refractivity contribution is 6.74. The van der Waals surface area contributed by atoms with Crippen LogP contribution >= 0.6 is 0 Å². The van der Waals surface area contributed by atoms with Crippen LogP contribution in [0.15, 0.2) is 48.2 Å². The first-order valence-electron chi connectivity index (χ1n) is 15.1. The molecule has 1 aliphatic heterocycles. The number of hydrogen-bond acceptors (Lipinski definition) is 5. The number of halogens is 3. The number of hydroxylamine groups is 1. The number of carbonyl (C=O) groups excluding carboxylic acids is 1. The first kappa shape index (κ1) is 33.1. The monoisotopic (exact) mass is 617 g/mol. The molecule has 1 amide bonds. The number of benzene rings is 2. The van der Waals surface area contributed by atoms with Crippen LogP contribution in [0.3, 0.4) is 0 Å². The van der Waals surface area contributed by atoms with Crippen LogP contribution in [0.5, 0.6) is 0 Å². The first-order chi connectivity index (χ1) is 19.8. The second-order valence-electron chi connectivity index (χ2n) is 14.1. The molecule has 0 aromatic heterocycles. The van der Waals surface area contributed by atoms with Crippen LogP contribution in [0.1, 0.15) is 84.3 Å². The average Bonchev–Trinajstić information content (AvgIpc) is 3.31. The van der Waals surface area contributed by atoms with Gasteiger partial charge in [0.2, 0.25) is 0 Å². The molecule has 0 bridgehead atoms. The van der Waals surface area contributed by atoms with E-state index in [1.165, 1.54) is 18.2 Å². The Morgan fingerprint density at radius 2 is 1.72 bits per heavy atom. The van der Waals surface area contributed by atoms with E-state index in [4.69, 9.17) is 15.0 Å². The molecular formula is C33H46F3N3O3Si. The molecule has 4 N–H and O–H groups in total. The number of anilines is 2. The molecule has 2 aromatic rings. The molecular weight excluding hydrogens is 571 g/mol. The van der Waals surface area contributed by atoms with Crippen LogP contribution in [0.25, 0.3) is 11.1 Å². The molecule has 6 nitrogen and oxygen atoms in total. The topological polar surface area (TPSA) is 85.6 Å². The van der Waals surface area contributed by atoms with Gasteiger partial charge in [-0.25, -0.2) is 0 Å². The Labute approximate surface area is 254 Å². The highest BCUT2D eigenvalue weighted by atomic mass is 28.4. The Morgan fingerprint density at radius 3 is 2.35 bits per heavy atom. The molecule has 43 heavy (non-hydrogen) atoms. The van der Waals surface area contributed by atoms with Crippen molar-refractivity contribution in [1.29, 1.82) is 0 Å². The van der Waals surface area contributed by atoms with Crippen LogP contribution in [0.4, 0.5) is 24.5 Å². The SMILES string of the molecule is CC(C)(CCc1cc(-c2ccccc2C(F)(F)F)cc(NC(=O)C2=CC3(CCCCC3)ON2)c1N)O[Si](C)(C)C(C)(C)C. The van der Waals surface area contributed by atoms with Gasteiger partial charge in [-0.15, -0.1) is 0 Å². The van der Waals surface area contributed by atoms with Crippen molar-refractivity contribution in [3.05, 3.63) is 59.3 Å². The lowest BCUT2D eigenvalue weighted by Gasteiger charge is -2.43. The lowest BCUT2D eigenvalue weighted by Crippen LogP contribution is -2.47. The van der Waals surface area contributed by atoms with Gasteiger partial charge in [0.15, 0.2) is 8.32 Å². The molecule has 1 fully saturated rings. The molecule has 1 heterocycles. The molecule has 0 atom stereocenters. The van der Waals surface area contributed by atoms with Gasteiger partial charge >= 0.3 is 6.18 Å². The van der Waals surface area contributed by atoms with Gasteiger partial charge in [-0.2, -0.15) is 13.2 Å². The number of nitrogens with two attached hydrogens (primary N) is 1. The summed E-state index contributed by atoms with van der Waals surface area (Å²) in [5, 5.41) is 2.88. The van der Waals surface area contributed by atoms with E-state index in [1.54, 1.807) is 12.1 Å². The summed E-state index contributed by atoms with van der Waals surface area (Å²) in [6, 6.07) is 8.66. The van der Waals surface area contributed by atoms with Gasteiger partial charge < -0.3 is 15.5 Å². The Morgan fingerprint density at radius 1 is 1.07 bits per heavy atom. The van der Waals surface area contributed by atoms with Crippen molar-refractivity contribution >= 4 is 25.6 Å². The van der Waals surface area contributed by atoms with Crippen LogP contribution in [-0.2, 0) is 26.7 Å². The Balaban J connectivity index is 1.69. The minimum Gasteiger partial charge on any atom is -0.412 e. The Hall–Kier alpha value is -2.82. The fourth-order valence-electron chi connectivity index (χ4n) is 5.67. The summed E-state index contributed by atoms with van der Waals surface area (Å²) in [6.07, 6.45) is 3.10. The molecule has 236 valence electrons. The van der Waals surface area contributed by atoms with Crippen molar-refractivity contribution < 1.29 is 27.2 Å². The number of amides is 1. The zero-order chi connectivity index (χ0) is 31.8. The van der Waals surface area contributed by atoms with Gasteiger partial charge in [0.25, 0.3) is 5.91 Å². The summed E-state index contributed by atoms with van der Waals surface area (Å²) in [6.45, 7) is 15.0. The first-order valence-corrected chi connectivity index (χ1v) is 18.0. The number of nitrogen functional groups attached to an aromatic ring is 1. The number of aryl methyl sites for hydroxylation is 1. The summed E-state index contributed by atoms with van der Waals surface area (Å²) in [5.41, 5.74) is 9.47. The smallest absolute Gasteiger partial charge is 0.412 e. The summed E-state index contributed by atoms with van der Waals surface area (Å²) in [5.74, 6) is -0.456. The summed E-state index contributed by atoms with van der Waals surface area (Å²) in [4.78, 5) is 19.2. The van der Waals surface area contributed by atoms with Crippen molar-refractivity contribution in [2.24, 2.45) is 0 Å². The second-order valence-corrected chi connectivity index (χ2v) is 18.8. The molecule has 1 saturated carbocycles. The van der Waals surface area contributed by atoms with E-state index in [-0.39, 0.29) is 22.0 Å². The summed E-state index contributed by atoms with van der Waals surface area (Å²) >= 11 is 0. The summed E-state index contributed by atoms with van der Waals surface area (Å²) < 4.78 is 48.8. The maximum atomic E-state index is 14.0. The average molecular weight is 618 g/mol. The predicted molar refractivity (Wildman–Crippen MR) is 169 cm³/mol. The zero-order valence-electron chi connectivity index (χ0n) is 26.4. The van der Waals surface area contributed by atoms with Gasteiger partial charge in [-0.3, -0.25) is 15.1 Å². The molecule has 0 saturated heterocycles. The highest BCUT2D eigenvalue weighted by Gasteiger charge is 2.42. The van der Waals surface area contributed by atoms with Crippen LogP contribution in [-0.4, -0.2) is 25.4 Å². The van der Waals surface area contributed by atoms with Crippen molar-refractivity contribution in [3.8, 4) is 11.1 Å². The maximum Gasteiger partial charge on any atom is 0.417 e. The largest absolute Gasteiger partial charge is 0.417 e. The van der Waals surface area contributed by atoms with E-state index in [0.717, 1.165) is 38.2 Å². The second kappa shape index (κ2) is 11.9. The lowest BCUT2D eigenvalue weighted by molar-refractivity contribution is -0.137. The van der Waals surface area contributed by atoms with Gasteiger partial charge in [0, 0.05) is 0 Å². The maximum absolute atomic E-state index is 14.0. The van der Waals surface area contributed by atoms with Gasteiger partial charge in [-0.05, 0) is 98.6 Å². The van der Waals surface area contributed by atoms with Crippen LogP contribution < -0.4 is 16.5 Å². The fraction of sp³-hybridized carbons (Fsp3) is 0.545. The number of nitrogens with one attached hydrogen (secondary N) is 2. The third-order valence-corrected chi connectivity index (χ3v) is 13.8. The molecule has 4 rings (SSSR count). The van der Waals surface area contributed by atoms with Crippen LogP contribution in [0.2, 0.25) is 18.1 Å². The standard InChI is InChI=1S/C33H46F3N3O3Si/c1-30(2,3)43(6,7)42-31(4,5)18-15-22-19-23(24-13-9-10-14-25(24)33(34,35)36)20-26(28(22)37)38-29(40)27-21-32(41-39-27)16-11-8-12-17-32/h9-10,13-14,19-21,39H,8,11-12,15-18,37H2,1-7H3,(H,38,40). The van der Waals surface area contributed by atoms with Gasteiger partial charge in [-0.1, -0.05) is 58.2 Å². The summed E-state index contributed by atoms with van der Waals surface area (Å²) in [7, 11) is -2.09. The van der Waals surface area contributed by atoms with E-state index in [0.29, 0.717) is 29.7 Å². The number of carbonyl (C=O) groups is 1. The minimum absolute atomic E-state index is 0.0187. The highest BCUT2D eigenvalue weighted by Crippen LogP contribution is 2.42. The molecule has 2 aromatic carbocycles. The van der Waals surface area contributed by atoms with E-state index in [2.05, 4.69) is 44.7 Å².